The summed E-state index contributed by atoms with van der Waals surface area (Å²) >= 11 is 1.83. The minimum absolute atomic E-state index is 0.168. The fourth-order valence-electron chi connectivity index (χ4n) is 3.32. The van der Waals surface area contributed by atoms with E-state index in [0.717, 1.165) is 31.8 Å². The molecule has 1 unspecified atom stereocenters. The molecule has 4 heteroatoms. The lowest BCUT2D eigenvalue weighted by molar-refractivity contribution is 0.282. The van der Waals surface area contributed by atoms with Crippen LogP contribution in [-0.4, -0.2) is 18.1 Å². The lowest BCUT2D eigenvalue weighted by atomic mass is 9.77. The van der Waals surface area contributed by atoms with Crippen LogP contribution in [0.2, 0.25) is 0 Å². The first-order valence-electron chi connectivity index (χ1n) is 8.40. The van der Waals surface area contributed by atoms with E-state index < -0.39 is 0 Å². The zero-order valence-electron chi connectivity index (χ0n) is 14.3. The molecule has 2 N–H and O–H groups in total. The molecule has 0 aliphatic heterocycles. The standard InChI is InChI=1S/C17H31N3S/c1-6-12(7-2)11-20(8-3)16-19-14-10-17(4,5)9-13(18)15(14)21-16/h12-13H,6-11,18H2,1-5H3. The van der Waals surface area contributed by atoms with Gasteiger partial charge in [-0.25, -0.2) is 4.98 Å². The van der Waals surface area contributed by atoms with Crippen molar-refractivity contribution in [2.45, 2.75) is 66.3 Å². The monoisotopic (exact) mass is 309 g/mol. The summed E-state index contributed by atoms with van der Waals surface area (Å²) < 4.78 is 0. The molecular formula is C17H31N3S. The Morgan fingerprint density at radius 2 is 2.00 bits per heavy atom. The van der Waals surface area contributed by atoms with Crippen molar-refractivity contribution >= 4 is 16.5 Å². The number of nitrogens with two attached hydrogens (primary N) is 1. The Morgan fingerprint density at radius 1 is 1.33 bits per heavy atom. The predicted molar refractivity (Wildman–Crippen MR) is 93.1 cm³/mol. The van der Waals surface area contributed by atoms with Gasteiger partial charge < -0.3 is 10.6 Å². The molecule has 0 bridgehead atoms. The van der Waals surface area contributed by atoms with Gasteiger partial charge in [0.1, 0.15) is 0 Å². The second kappa shape index (κ2) is 6.66. The molecule has 1 aromatic heterocycles. The summed E-state index contributed by atoms with van der Waals surface area (Å²) in [7, 11) is 0. The molecule has 120 valence electrons. The largest absolute Gasteiger partial charge is 0.348 e. The van der Waals surface area contributed by atoms with Crippen molar-refractivity contribution in [1.29, 1.82) is 0 Å². The number of anilines is 1. The quantitative estimate of drug-likeness (QED) is 0.848. The molecule has 0 aromatic carbocycles. The summed E-state index contributed by atoms with van der Waals surface area (Å²) in [5.41, 5.74) is 7.92. The highest BCUT2D eigenvalue weighted by molar-refractivity contribution is 7.15. The van der Waals surface area contributed by atoms with Gasteiger partial charge in [0, 0.05) is 24.0 Å². The number of rotatable bonds is 6. The van der Waals surface area contributed by atoms with Gasteiger partial charge in [-0.2, -0.15) is 0 Å². The highest BCUT2D eigenvalue weighted by Crippen LogP contribution is 2.43. The van der Waals surface area contributed by atoms with E-state index in [1.165, 1.54) is 28.5 Å². The van der Waals surface area contributed by atoms with Gasteiger partial charge in [0.2, 0.25) is 0 Å². The summed E-state index contributed by atoms with van der Waals surface area (Å²) in [6.45, 7) is 13.6. The van der Waals surface area contributed by atoms with Crippen LogP contribution in [0.3, 0.4) is 0 Å². The van der Waals surface area contributed by atoms with Crippen molar-refractivity contribution in [3.8, 4) is 0 Å². The van der Waals surface area contributed by atoms with Gasteiger partial charge in [-0.05, 0) is 31.1 Å². The average molecular weight is 310 g/mol. The molecule has 1 heterocycles. The normalized spacial score (nSPS) is 20.6. The van der Waals surface area contributed by atoms with Gasteiger partial charge in [-0.3, -0.25) is 0 Å². The van der Waals surface area contributed by atoms with Crippen molar-refractivity contribution < 1.29 is 0 Å². The zero-order valence-corrected chi connectivity index (χ0v) is 15.1. The van der Waals surface area contributed by atoms with Crippen LogP contribution in [0.4, 0.5) is 5.13 Å². The third-order valence-electron chi connectivity index (χ3n) is 4.76. The summed E-state index contributed by atoms with van der Waals surface area (Å²) in [5.74, 6) is 0.760. The molecule has 0 spiro atoms. The molecule has 0 amide bonds. The van der Waals surface area contributed by atoms with Crippen LogP contribution in [0.5, 0.6) is 0 Å². The van der Waals surface area contributed by atoms with E-state index in [4.69, 9.17) is 10.7 Å². The zero-order chi connectivity index (χ0) is 15.6. The lowest BCUT2D eigenvalue weighted by Gasteiger charge is -2.32. The van der Waals surface area contributed by atoms with Crippen molar-refractivity contribution in [3.63, 3.8) is 0 Å². The molecule has 1 aliphatic rings. The SMILES string of the molecule is CCC(CC)CN(CC)c1nc2c(s1)C(N)CC(C)(C)C2. The smallest absolute Gasteiger partial charge is 0.185 e. The van der Waals surface area contributed by atoms with Crippen LogP contribution >= 0.6 is 11.3 Å². The maximum absolute atomic E-state index is 6.38. The van der Waals surface area contributed by atoms with Gasteiger partial charge in [0.05, 0.1) is 5.69 Å². The van der Waals surface area contributed by atoms with Gasteiger partial charge >= 0.3 is 0 Å². The summed E-state index contributed by atoms with van der Waals surface area (Å²) in [4.78, 5) is 8.73. The number of thiazole rings is 1. The summed E-state index contributed by atoms with van der Waals surface area (Å²) in [6, 6.07) is 0.168. The van der Waals surface area contributed by atoms with Crippen LogP contribution in [0.25, 0.3) is 0 Å². The van der Waals surface area contributed by atoms with E-state index >= 15 is 0 Å². The molecule has 2 rings (SSSR count). The molecule has 0 saturated heterocycles. The molecule has 1 aliphatic carbocycles. The van der Waals surface area contributed by atoms with Crippen molar-refractivity contribution in [3.05, 3.63) is 10.6 Å². The first kappa shape index (κ1) is 16.8. The van der Waals surface area contributed by atoms with Crippen molar-refractivity contribution in [2.24, 2.45) is 17.1 Å². The molecule has 0 saturated carbocycles. The number of fused-ring (bicyclic) bond motifs is 1. The minimum atomic E-state index is 0.168. The van der Waals surface area contributed by atoms with Crippen LogP contribution in [0.15, 0.2) is 0 Å². The lowest BCUT2D eigenvalue weighted by Crippen LogP contribution is -2.29. The highest BCUT2D eigenvalue weighted by Gasteiger charge is 2.33. The third-order valence-corrected chi connectivity index (χ3v) is 6.05. The second-order valence-electron chi connectivity index (χ2n) is 7.18. The minimum Gasteiger partial charge on any atom is -0.348 e. The number of hydrogen-bond acceptors (Lipinski definition) is 4. The van der Waals surface area contributed by atoms with E-state index in [2.05, 4.69) is 39.5 Å². The Hall–Kier alpha value is -0.610. The third kappa shape index (κ3) is 3.78. The molecule has 21 heavy (non-hydrogen) atoms. The molecule has 0 fully saturated rings. The Morgan fingerprint density at radius 3 is 2.57 bits per heavy atom. The molecular weight excluding hydrogens is 278 g/mol. The fourth-order valence-corrected chi connectivity index (χ4v) is 4.47. The second-order valence-corrected chi connectivity index (χ2v) is 8.19. The first-order chi connectivity index (χ1) is 9.90. The number of hydrogen-bond donors (Lipinski definition) is 1. The van der Waals surface area contributed by atoms with Crippen molar-refractivity contribution in [2.75, 3.05) is 18.0 Å². The summed E-state index contributed by atoms with van der Waals surface area (Å²) in [5, 5.41) is 1.18. The summed E-state index contributed by atoms with van der Waals surface area (Å²) in [6.07, 6.45) is 4.62. The Kier molecular flexibility index (Phi) is 5.31. The van der Waals surface area contributed by atoms with E-state index in [1.54, 1.807) is 0 Å². The fraction of sp³-hybridized carbons (Fsp3) is 0.824. The highest BCUT2D eigenvalue weighted by atomic mass is 32.1. The van der Waals surface area contributed by atoms with Gasteiger partial charge in [0.15, 0.2) is 5.13 Å². The number of nitrogens with zero attached hydrogens (tertiary/aromatic N) is 2. The van der Waals surface area contributed by atoms with E-state index in [0.29, 0.717) is 0 Å². The van der Waals surface area contributed by atoms with E-state index in [1.807, 2.05) is 11.3 Å². The van der Waals surface area contributed by atoms with Gasteiger partial charge in [0.25, 0.3) is 0 Å². The maximum atomic E-state index is 6.38. The Bertz CT molecular complexity index is 463. The van der Waals surface area contributed by atoms with Crippen molar-refractivity contribution in [1.82, 2.24) is 4.98 Å². The predicted octanol–water partition coefficient (Wildman–Crippen LogP) is 4.38. The molecule has 1 aromatic rings. The Balaban J connectivity index is 2.21. The van der Waals surface area contributed by atoms with Crippen LogP contribution in [0, 0.1) is 11.3 Å². The molecule has 3 nitrogen and oxygen atoms in total. The molecule has 0 radical (unpaired) electrons. The topological polar surface area (TPSA) is 42.2 Å². The van der Waals surface area contributed by atoms with E-state index in [9.17, 15) is 0 Å². The Labute approximate surface area is 133 Å². The van der Waals surface area contributed by atoms with Crippen LogP contribution in [0.1, 0.15) is 70.5 Å². The van der Waals surface area contributed by atoms with Gasteiger partial charge in [-0.1, -0.05) is 51.9 Å². The van der Waals surface area contributed by atoms with E-state index in [-0.39, 0.29) is 11.5 Å². The van der Waals surface area contributed by atoms with Gasteiger partial charge in [-0.15, -0.1) is 0 Å². The maximum Gasteiger partial charge on any atom is 0.185 e. The molecule has 1 atom stereocenters. The van der Waals surface area contributed by atoms with Crippen LogP contribution in [-0.2, 0) is 6.42 Å². The average Bonchev–Trinajstić information content (AvgIpc) is 2.82. The first-order valence-corrected chi connectivity index (χ1v) is 9.22. The number of aromatic nitrogens is 1. The van der Waals surface area contributed by atoms with Crippen LogP contribution < -0.4 is 10.6 Å².